The lowest BCUT2D eigenvalue weighted by Gasteiger charge is -2.11. The van der Waals surface area contributed by atoms with Crippen LogP contribution >= 0.6 is 0 Å². The van der Waals surface area contributed by atoms with Gasteiger partial charge in [0.25, 0.3) is 0 Å². The zero-order chi connectivity index (χ0) is 12.4. The number of hydrogen-bond donors (Lipinski definition) is 1. The van der Waals surface area contributed by atoms with Crippen LogP contribution in [0.5, 0.6) is 5.75 Å². The summed E-state index contributed by atoms with van der Waals surface area (Å²) in [5.41, 5.74) is 4.90. The predicted octanol–water partition coefficient (Wildman–Crippen LogP) is 3.49. The van der Waals surface area contributed by atoms with Crippen LogP contribution in [0.2, 0.25) is 0 Å². The van der Waals surface area contributed by atoms with Gasteiger partial charge in [0.05, 0.1) is 0 Å². The number of aryl methyl sites for hydroxylation is 2. The second-order valence-electron chi connectivity index (χ2n) is 4.19. The Labute approximate surface area is 101 Å². The first-order valence-corrected chi connectivity index (χ1v) is 5.47. The second-order valence-corrected chi connectivity index (χ2v) is 4.19. The molecule has 0 amide bonds. The topological polar surface area (TPSA) is 37.3 Å². The number of carbonyl (C=O) groups is 1. The average Bonchev–Trinajstić information content (AvgIpc) is 2.28. The highest BCUT2D eigenvalue weighted by Crippen LogP contribution is 2.30. The molecule has 0 saturated carbocycles. The van der Waals surface area contributed by atoms with Crippen molar-refractivity contribution in [2.75, 3.05) is 0 Å². The van der Waals surface area contributed by atoms with Gasteiger partial charge in [0.1, 0.15) is 12.0 Å². The van der Waals surface area contributed by atoms with Gasteiger partial charge in [0.15, 0.2) is 0 Å². The van der Waals surface area contributed by atoms with Crippen LogP contribution in [-0.2, 0) is 0 Å². The first-order valence-electron chi connectivity index (χ1n) is 5.47. The maximum atomic E-state index is 10.6. The van der Waals surface area contributed by atoms with Crippen LogP contribution in [0.15, 0.2) is 36.4 Å². The van der Waals surface area contributed by atoms with Crippen LogP contribution in [0.25, 0.3) is 11.1 Å². The van der Waals surface area contributed by atoms with E-state index in [-0.39, 0.29) is 5.75 Å². The molecular formula is C15H14O2. The van der Waals surface area contributed by atoms with Crippen molar-refractivity contribution in [1.82, 2.24) is 0 Å². The molecule has 2 nitrogen and oxygen atoms in total. The Bertz CT molecular complexity index is 531. The van der Waals surface area contributed by atoms with Crippen LogP contribution in [0.1, 0.15) is 21.5 Å². The van der Waals surface area contributed by atoms with E-state index in [4.69, 9.17) is 0 Å². The zero-order valence-electron chi connectivity index (χ0n) is 9.90. The third kappa shape index (κ3) is 2.21. The van der Waals surface area contributed by atoms with Gasteiger partial charge in [-0.2, -0.15) is 0 Å². The zero-order valence-corrected chi connectivity index (χ0v) is 9.90. The van der Waals surface area contributed by atoms with Gasteiger partial charge in [-0.05, 0) is 48.2 Å². The van der Waals surface area contributed by atoms with Crippen LogP contribution in [0, 0.1) is 13.8 Å². The third-order valence-corrected chi connectivity index (χ3v) is 2.85. The molecule has 0 atom stereocenters. The minimum absolute atomic E-state index is 0.285. The van der Waals surface area contributed by atoms with Crippen molar-refractivity contribution >= 4 is 6.29 Å². The first-order chi connectivity index (χ1) is 8.11. The number of carbonyl (C=O) groups excluding carboxylic acids is 1. The van der Waals surface area contributed by atoms with E-state index < -0.39 is 0 Å². The van der Waals surface area contributed by atoms with E-state index in [2.05, 4.69) is 0 Å². The molecule has 2 aromatic rings. The monoisotopic (exact) mass is 226 g/mol. The van der Waals surface area contributed by atoms with Crippen molar-refractivity contribution in [2.24, 2.45) is 0 Å². The number of aromatic hydroxyl groups is 1. The van der Waals surface area contributed by atoms with E-state index in [1.165, 1.54) is 0 Å². The van der Waals surface area contributed by atoms with Gasteiger partial charge in [0, 0.05) is 5.56 Å². The molecule has 1 N–H and O–H groups in total. The van der Waals surface area contributed by atoms with Crippen molar-refractivity contribution in [3.8, 4) is 16.9 Å². The Hall–Kier alpha value is -2.09. The fourth-order valence-corrected chi connectivity index (χ4v) is 2.12. The van der Waals surface area contributed by atoms with Crippen molar-refractivity contribution < 1.29 is 9.90 Å². The smallest absolute Gasteiger partial charge is 0.150 e. The van der Waals surface area contributed by atoms with E-state index >= 15 is 0 Å². The molecule has 86 valence electrons. The lowest BCUT2D eigenvalue weighted by atomic mass is 9.95. The highest BCUT2D eigenvalue weighted by Gasteiger charge is 2.07. The maximum absolute atomic E-state index is 10.6. The van der Waals surface area contributed by atoms with Gasteiger partial charge in [-0.25, -0.2) is 0 Å². The summed E-state index contributed by atoms with van der Waals surface area (Å²) in [7, 11) is 0. The largest absolute Gasteiger partial charge is 0.508 e. The first kappa shape index (κ1) is 11.4. The third-order valence-electron chi connectivity index (χ3n) is 2.85. The standard InChI is InChI=1S/C15H14O2/c1-10-7-14(17)8-11(2)15(10)13-5-3-12(9-16)4-6-13/h3-9,17H,1-2H3. The minimum Gasteiger partial charge on any atom is -0.508 e. The molecule has 0 aliphatic carbocycles. The van der Waals surface area contributed by atoms with E-state index in [0.717, 1.165) is 28.5 Å². The molecule has 0 fully saturated rings. The number of aldehydes is 1. The Morgan fingerprint density at radius 3 is 2.00 bits per heavy atom. The predicted molar refractivity (Wildman–Crippen MR) is 68.4 cm³/mol. The molecule has 0 radical (unpaired) electrons. The SMILES string of the molecule is Cc1cc(O)cc(C)c1-c1ccc(C=O)cc1. The Morgan fingerprint density at radius 1 is 1.00 bits per heavy atom. The maximum Gasteiger partial charge on any atom is 0.150 e. The van der Waals surface area contributed by atoms with Gasteiger partial charge in [0.2, 0.25) is 0 Å². The molecule has 2 heteroatoms. The molecule has 2 rings (SSSR count). The molecule has 2 aromatic carbocycles. The summed E-state index contributed by atoms with van der Waals surface area (Å²) in [6, 6.07) is 10.9. The van der Waals surface area contributed by atoms with E-state index in [9.17, 15) is 9.90 Å². The molecule has 0 bridgehead atoms. The number of phenols is 1. The Kier molecular flexibility index (Phi) is 2.96. The lowest BCUT2D eigenvalue weighted by molar-refractivity contribution is 0.112. The second kappa shape index (κ2) is 4.42. The summed E-state index contributed by atoms with van der Waals surface area (Å²) in [6.45, 7) is 3.94. The highest BCUT2D eigenvalue weighted by atomic mass is 16.3. The Morgan fingerprint density at radius 2 is 1.53 bits per heavy atom. The fourth-order valence-electron chi connectivity index (χ4n) is 2.12. The van der Waals surface area contributed by atoms with Gasteiger partial charge in [-0.3, -0.25) is 4.79 Å². The summed E-state index contributed by atoms with van der Waals surface area (Å²) in [5, 5.41) is 9.50. The molecule has 0 saturated heterocycles. The molecule has 0 unspecified atom stereocenters. The normalized spacial score (nSPS) is 10.2. The summed E-state index contributed by atoms with van der Waals surface area (Å²) in [4.78, 5) is 10.6. The Balaban J connectivity index is 2.56. The number of hydrogen-bond acceptors (Lipinski definition) is 2. The van der Waals surface area contributed by atoms with Crippen LogP contribution in [0.4, 0.5) is 0 Å². The quantitative estimate of drug-likeness (QED) is 0.796. The van der Waals surface area contributed by atoms with Gasteiger partial charge in [-0.15, -0.1) is 0 Å². The van der Waals surface area contributed by atoms with E-state index in [1.807, 2.05) is 26.0 Å². The highest BCUT2D eigenvalue weighted by molar-refractivity contribution is 5.78. The molecule has 0 aliphatic heterocycles. The molecule has 0 heterocycles. The fraction of sp³-hybridized carbons (Fsp3) is 0.133. The van der Waals surface area contributed by atoms with Crippen molar-refractivity contribution in [1.29, 1.82) is 0 Å². The number of benzene rings is 2. The van der Waals surface area contributed by atoms with Crippen LogP contribution in [0.3, 0.4) is 0 Å². The summed E-state index contributed by atoms with van der Waals surface area (Å²) >= 11 is 0. The minimum atomic E-state index is 0.285. The van der Waals surface area contributed by atoms with Crippen molar-refractivity contribution in [3.05, 3.63) is 53.1 Å². The van der Waals surface area contributed by atoms with Crippen LogP contribution < -0.4 is 0 Å². The lowest BCUT2D eigenvalue weighted by Crippen LogP contribution is -1.89. The molecule has 0 spiro atoms. The molecular weight excluding hydrogens is 212 g/mol. The van der Waals surface area contributed by atoms with Gasteiger partial charge in [-0.1, -0.05) is 24.3 Å². The molecule has 17 heavy (non-hydrogen) atoms. The van der Waals surface area contributed by atoms with E-state index in [1.54, 1.807) is 24.3 Å². The average molecular weight is 226 g/mol. The summed E-state index contributed by atoms with van der Waals surface area (Å²) in [5.74, 6) is 0.285. The summed E-state index contributed by atoms with van der Waals surface area (Å²) < 4.78 is 0. The van der Waals surface area contributed by atoms with Gasteiger partial charge >= 0.3 is 0 Å². The van der Waals surface area contributed by atoms with Crippen LogP contribution in [-0.4, -0.2) is 11.4 Å². The van der Waals surface area contributed by atoms with E-state index in [0.29, 0.717) is 5.56 Å². The van der Waals surface area contributed by atoms with Crippen molar-refractivity contribution in [3.63, 3.8) is 0 Å². The molecule has 0 aliphatic rings. The summed E-state index contributed by atoms with van der Waals surface area (Å²) in [6.07, 6.45) is 0.834. The number of rotatable bonds is 2. The van der Waals surface area contributed by atoms with Gasteiger partial charge < -0.3 is 5.11 Å². The van der Waals surface area contributed by atoms with Crippen molar-refractivity contribution in [2.45, 2.75) is 13.8 Å². The number of phenolic OH excluding ortho intramolecular Hbond substituents is 1. The molecule has 0 aromatic heterocycles.